The van der Waals surface area contributed by atoms with Crippen LogP contribution in [-0.4, -0.2) is 22.0 Å². The zero-order chi connectivity index (χ0) is 14.9. The van der Waals surface area contributed by atoms with Gasteiger partial charge in [0.25, 0.3) is 0 Å². The molecule has 0 saturated heterocycles. The summed E-state index contributed by atoms with van der Waals surface area (Å²) in [4.78, 5) is 0. The van der Waals surface area contributed by atoms with Crippen LogP contribution in [0, 0.1) is 12.7 Å². The van der Waals surface area contributed by atoms with Gasteiger partial charge in [-0.25, -0.2) is 4.39 Å². The van der Waals surface area contributed by atoms with Gasteiger partial charge < -0.3 is 9.84 Å². The van der Waals surface area contributed by atoms with Crippen LogP contribution in [0.5, 0.6) is 5.75 Å². The van der Waals surface area contributed by atoms with Crippen molar-refractivity contribution >= 4 is 11.6 Å². The molecule has 0 amide bonds. The van der Waals surface area contributed by atoms with Gasteiger partial charge in [0, 0.05) is 13.5 Å². The summed E-state index contributed by atoms with van der Waals surface area (Å²) in [5.41, 5.74) is 2.02. The van der Waals surface area contributed by atoms with Crippen molar-refractivity contribution in [2.45, 2.75) is 19.4 Å². The second-order valence-electron chi connectivity index (χ2n) is 4.58. The monoisotopic (exact) mass is 298 g/mol. The highest BCUT2D eigenvalue weighted by molar-refractivity contribution is 6.31. The number of aromatic nitrogens is 2. The summed E-state index contributed by atoms with van der Waals surface area (Å²) in [6.45, 7) is 1.80. The molecule has 0 bridgehead atoms. The van der Waals surface area contributed by atoms with Crippen molar-refractivity contribution in [3.8, 4) is 5.75 Å². The first-order valence-corrected chi connectivity index (χ1v) is 6.51. The molecule has 2 rings (SSSR count). The molecule has 0 aliphatic rings. The lowest BCUT2D eigenvalue weighted by Gasteiger charge is -2.13. The number of aryl methyl sites for hydroxylation is 2. The second kappa shape index (κ2) is 5.81. The molecular weight excluding hydrogens is 283 g/mol. The number of methoxy groups -OCH3 is 1. The molecule has 0 radical (unpaired) electrons. The standard InChI is InChI=1S/C14H16ClFN2O2/c1-8-14(15)11(18(2)17-8)7-12(19)9-4-5-10(16)13(6-9)20-3/h4-6,12,19H,7H2,1-3H3. The van der Waals surface area contributed by atoms with E-state index in [1.165, 1.54) is 25.3 Å². The highest BCUT2D eigenvalue weighted by Crippen LogP contribution is 2.28. The van der Waals surface area contributed by atoms with E-state index in [9.17, 15) is 9.50 Å². The number of halogens is 2. The van der Waals surface area contributed by atoms with E-state index in [4.69, 9.17) is 16.3 Å². The first kappa shape index (κ1) is 14.8. The third-order valence-corrected chi connectivity index (χ3v) is 3.70. The molecule has 1 unspecified atom stereocenters. The lowest BCUT2D eigenvalue weighted by atomic mass is 10.0. The molecule has 0 saturated carbocycles. The lowest BCUT2D eigenvalue weighted by molar-refractivity contribution is 0.175. The number of hydrogen-bond acceptors (Lipinski definition) is 3. The average Bonchev–Trinajstić information content (AvgIpc) is 2.66. The van der Waals surface area contributed by atoms with E-state index in [2.05, 4.69) is 5.10 Å². The van der Waals surface area contributed by atoms with Gasteiger partial charge in [-0.15, -0.1) is 0 Å². The maximum Gasteiger partial charge on any atom is 0.165 e. The van der Waals surface area contributed by atoms with Gasteiger partial charge in [-0.1, -0.05) is 17.7 Å². The molecule has 1 atom stereocenters. The Morgan fingerprint density at radius 3 is 2.75 bits per heavy atom. The fourth-order valence-electron chi connectivity index (χ4n) is 2.09. The van der Waals surface area contributed by atoms with E-state index in [0.29, 0.717) is 22.7 Å². The molecular formula is C14H16ClFN2O2. The second-order valence-corrected chi connectivity index (χ2v) is 4.96. The normalized spacial score (nSPS) is 12.5. The third-order valence-electron chi connectivity index (χ3n) is 3.21. The fourth-order valence-corrected chi connectivity index (χ4v) is 2.32. The number of hydrogen-bond donors (Lipinski definition) is 1. The summed E-state index contributed by atoms with van der Waals surface area (Å²) in [5.74, 6) is -0.355. The molecule has 1 heterocycles. The number of nitrogens with zero attached hydrogens (tertiary/aromatic N) is 2. The van der Waals surface area contributed by atoms with Crippen LogP contribution in [0.2, 0.25) is 5.02 Å². The Morgan fingerprint density at radius 1 is 1.50 bits per heavy atom. The number of aliphatic hydroxyl groups excluding tert-OH is 1. The predicted molar refractivity (Wildman–Crippen MR) is 74.6 cm³/mol. The average molecular weight is 299 g/mol. The minimum atomic E-state index is -0.809. The van der Waals surface area contributed by atoms with Crippen molar-refractivity contribution in [2.24, 2.45) is 7.05 Å². The van der Waals surface area contributed by atoms with E-state index in [1.54, 1.807) is 18.7 Å². The van der Waals surface area contributed by atoms with Crippen LogP contribution in [0.15, 0.2) is 18.2 Å². The van der Waals surface area contributed by atoms with Gasteiger partial charge in [0.05, 0.1) is 29.6 Å². The first-order chi connectivity index (χ1) is 9.43. The highest BCUT2D eigenvalue weighted by atomic mass is 35.5. The molecule has 0 aliphatic heterocycles. The van der Waals surface area contributed by atoms with E-state index in [-0.39, 0.29) is 5.75 Å². The van der Waals surface area contributed by atoms with Crippen molar-refractivity contribution in [2.75, 3.05) is 7.11 Å². The zero-order valence-corrected chi connectivity index (χ0v) is 12.3. The SMILES string of the molecule is COc1cc(C(O)Cc2c(Cl)c(C)nn2C)ccc1F. The molecule has 1 aromatic heterocycles. The maximum absolute atomic E-state index is 13.3. The summed E-state index contributed by atoms with van der Waals surface area (Å²) < 4.78 is 19.9. The van der Waals surface area contributed by atoms with Gasteiger partial charge in [0.2, 0.25) is 0 Å². The van der Waals surface area contributed by atoms with Gasteiger partial charge in [0.1, 0.15) is 0 Å². The summed E-state index contributed by atoms with van der Waals surface area (Å²) in [5, 5.41) is 15.0. The van der Waals surface area contributed by atoms with Crippen LogP contribution < -0.4 is 4.74 Å². The van der Waals surface area contributed by atoms with Gasteiger partial charge in [0.15, 0.2) is 11.6 Å². The molecule has 0 fully saturated rings. The number of aliphatic hydroxyl groups is 1. The van der Waals surface area contributed by atoms with Crippen LogP contribution in [0.25, 0.3) is 0 Å². The quantitative estimate of drug-likeness (QED) is 0.944. The highest BCUT2D eigenvalue weighted by Gasteiger charge is 2.18. The van der Waals surface area contributed by atoms with Gasteiger partial charge >= 0.3 is 0 Å². The third kappa shape index (κ3) is 2.78. The van der Waals surface area contributed by atoms with E-state index < -0.39 is 11.9 Å². The summed E-state index contributed by atoms with van der Waals surface area (Å²) in [6.07, 6.45) is -0.512. The fraction of sp³-hybridized carbons (Fsp3) is 0.357. The first-order valence-electron chi connectivity index (χ1n) is 6.13. The van der Waals surface area contributed by atoms with E-state index >= 15 is 0 Å². The Kier molecular flexibility index (Phi) is 4.30. The van der Waals surface area contributed by atoms with Crippen LogP contribution >= 0.6 is 11.6 Å². The molecule has 0 spiro atoms. The van der Waals surface area contributed by atoms with E-state index in [1.807, 2.05) is 0 Å². The molecule has 6 heteroatoms. The van der Waals surface area contributed by atoms with Crippen LogP contribution in [0.3, 0.4) is 0 Å². The summed E-state index contributed by atoms with van der Waals surface area (Å²) in [6, 6.07) is 4.28. The van der Waals surface area contributed by atoms with Gasteiger partial charge in [-0.05, 0) is 24.6 Å². The topological polar surface area (TPSA) is 47.3 Å². The van der Waals surface area contributed by atoms with Gasteiger partial charge in [-0.2, -0.15) is 5.10 Å². The minimum absolute atomic E-state index is 0.105. The Balaban J connectivity index is 2.26. The molecule has 4 nitrogen and oxygen atoms in total. The van der Waals surface area contributed by atoms with Crippen molar-refractivity contribution in [3.63, 3.8) is 0 Å². The van der Waals surface area contributed by atoms with Crippen molar-refractivity contribution in [1.82, 2.24) is 9.78 Å². The number of ether oxygens (including phenoxy) is 1. The largest absolute Gasteiger partial charge is 0.494 e. The zero-order valence-electron chi connectivity index (χ0n) is 11.5. The molecule has 108 valence electrons. The van der Waals surface area contributed by atoms with Crippen LogP contribution in [-0.2, 0) is 13.5 Å². The van der Waals surface area contributed by atoms with Crippen molar-refractivity contribution < 1.29 is 14.2 Å². The van der Waals surface area contributed by atoms with E-state index in [0.717, 1.165) is 5.69 Å². The Hall–Kier alpha value is -1.59. The Bertz CT molecular complexity index is 628. The van der Waals surface area contributed by atoms with Crippen molar-refractivity contribution in [3.05, 3.63) is 46.0 Å². The number of benzene rings is 1. The molecule has 1 aromatic carbocycles. The molecule has 20 heavy (non-hydrogen) atoms. The summed E-state index contributed by atoms with van der Waals surface area (Å²) >= 11 is 6.15. The van der Waals surface area contributed by atoms with Crippen LogP contribution in [0.4, 0.5) is 4.39 Å². The molecule has 2 aromatic rings. The molecule has 1 N–H and O–H groups in total. The smallest absolute Gasteiger partial charge is 0.165 e. The molecule has 0 aliphatic carbocycles. The maximum atomic E-state index is 13.3. The summed E-state index contributed by atoms with van der Waals surface area (Å²) in [7, 11) is 3.15. The Morgan fingerprint density at radius 2 is 2.20 bits per heavy atom. The van der Waals surface area contributed by atoms with Crippen LogP contribution in [0.1, 0.15) is 23.1 Å². The number of rotatable bonds is 4. The van der Waals surface area contributed by atoms with Gasteiger partial charge in [-0.3, -0.25) is 4.68 Å². The predicted octanol–water partition coefficient (Wildman–Crippen LogP) is 2.81. The lowest BCUT2D eigenvalue weighted by Crippen LogP contribution is -2.07. The Labute approximate surface area is 121 Å². The minimum Gasteiger partial charge on any atom is -0.494 e. The van der Waals surface area contributed by atoms with Crippen molar-refractivity contribution in [1.29, 1.82) is 0 Å².